The molecule has 59 heteroatoms. The van der Waals surface area contributed by atoms with Crippen molar-refractivity contribution in [3.63, 3.8) is 0 Å². The quantitative estimate of drug-likeness (QED) is 0.00958. The summed E-state index contributed by atoms with van der Waals surface area (Å²) in [4.78, 5) is 213. The fourth-order valence-corrected chi connectivity index (χ4v) is 15.8. The number of rotatable bonds is 69. The SMILES string of the molecule is N=C(N)NCCC[C@H](NC(=O)[C@H](CCCNC(=N)N)NC(=O)[C@H](CCCNC(=N)N)NC(=O)[C@H](CCCNC(=N)N)NC(=O)[C@H](CCCNC(=N)N)NC(=O)[C@H](CCCNC(=N)N)NC(=O)[C@H](CCCNC(=N)N)NC(=O)CNC(=O)CNC(=O)[C@H](Cc1c[nH]c2ccccc12)NC(=O)[C@H](CCCNC(=N)N)NC(=O)[C@H](Cc1c[nH]c2ccccc12)NC(=O)[C@H](CCCNC(=N)N)NC(=O)[C@@H](N)Cc1c[nH]c2ccccc12)C(N)=O. The number of carbonyl (C=O) groups is 14. The summed E-state index contributed by atoms with van der Waals surface area (Å²) in [5.41, 5.74) is 66.2. The van der Waals surface area contributed by atoms with E-state index < -0.39 is 210 Å². The van der Waals surface area contributed by atoms with Gasteiger partial charge in [0.05, 0.1) is 19.1 Å². The first-order valence-corrected chi connectivity index (χ1v) is 48.7. The molecule has 3 aromatic carbocycles. The molecule has 6 aromatic rings. The molecular weight excluding hydrogens is 1950 g/mol. The molecule has 0 fully saturated rings. The van der Waals surface area contributed by atoms with Gasteiger partial charge in [-0.1, -0.05) is 54.6 Å². The number of hydrogen-bond acceptors (Lipinski definition) is 24. The van der Waals surface area contributed by atoms with Gasteiger partial charge in [-0.15, -0.1) is 0 Å². The maximum absolute atomic E-state index is 15.3. The number of para-hydroxylation sites is 3. The number of hydrogen-bond donors (Lipinski definition) is 45. The fourth-order valence-electron chi connectivity index (χ4n) is 15.8. The van der Waals surface area contributed by atoms with Gasteiger partial charge in [-0.2, -0.15) is 0 Å². The van der Waals surface area contributed by atoms with Crippen LogP contribution in [0, 0.1) is 48.7 Å². The van der Waals surface area contributed by atoms with E-state index in [0.29, 0.717) is 32.9 Å². The van der Waals surface area contributed by atoms with Gasteiger partial charge in [-0.05, 0) is 157 Å². The Morgan fingerprint density at radius 2 is 0.427 bits per heavy atom. The minimum absolute atomic E-state index is 0.00188. The third-order valence-corrected chi connectivity index (χ3v) is 23.4. The minimum Gasteiger partial charge on any atom is -0.370 e. The molecule has 0 spiro atoms. The van der Waals surface area contributed by atoms with Crippen LogP contribution >= 0.6 is 0 Å². The molecule has 3 aromatic heterocycles. The monoisotopic (exact) mass is 2090 g/mol. The van der Waals surface area contributed by atoms with Crippen molar-refractivity contribution in [1.29, 1.82) is 48.7 Å². The summed E-state index contributed by atoms with van der Waals surface area (Å²) in [5, 5.41) is 129. The number of nitrogens with one attached hydrogen (secondary N) is 34. The average Bonchev–Trinajstić information content (AvgIpc) is 1.67. The van der Waals surface area contributed by atoms with E-state index in [1.165, 1.54) is 0 Å². The van der Waals surface area contributed by atoms with Crippen molar-refractivity contribution < 1.29 is 67.1 Å². The van der Waals surface area contributed by atoms with Crippen LogP contribution in [0.5, 0.6) is 0 Å². The summed E-state index contributed by atoms with van der Waals surface area (Å²) in [7, 11) is 0. The number of benzene rings is 3. The average molecular weight is 2100 g/mol. The van der Waals surface area contributed by atoms with Crippen molar-refractivity contribution in [2.24, 2.45) is 63.1 Å². The van der Waals surface area contributed by atoms with Crippen LogP contribution in [0.3, 0.4) is 0 Å². The standard InChI is InChI=1S/C91H147N45O14/c92-54(40-48-43-121-55-19-4-1-16-51(48)55)72(140)128-60(24-9-33-114-85(98)99)80(148)136-68(42-50-45-123-57-21-6-3-18-53(50)57)82(150)134-66(30-15-39-120-91(110)111)81(149)135-67(41-49-44-122-56-20-5-2-17-52(49)56)73(141)125-46-69(137)124-47-70(138)126-59(23-8-32-113-84(96)97)74(142)129-62(26-11-35-116-87(102)103)76(144)131-64(28-13-37-118-89(106)107)78(146)133-65(29-14-38-119-90(108)109)79(147)132-63(27-12-36-117-88(104)105)77(145)130-61(25-10-34-115-86(100)101)75(143)127-58(71(93)139)22-7-31-112-83(94)95/h1-6,16-21,43-45,54,58-68,121-123H,7-15,22-42,46-47,92H2,(H2,93,139)(H,124,137)(H,125,141)(H,126,138)(H,127,143)(H,128,140)(H,129,142)(H,130,145)(H,131,144)(H,132,147)(H,133,146)(H,134,150)(H,135,149)(H,136,148)(H4,94,95,112)(H4,96,97,113)(H4,98,99,114)(H4,100,101,115)(H4,102,103,116)(H4,104,105,117)(H4,106,107,118)(H4,108,109,119)(H4,110,111,120)/t54-,58-,59-,60-,61-,62-,63-,64-,65-,66-,67-,68-/m0/s1. The van der Waals surface area contributed by atoms with Crippen LogP contribution in [0.15, 0.2) is 91.4 Å². The van der Waals surface area contributed by atoms with Crippen LogP contribution in [0.25, 0.3) is 32.7 Å². The molecule has 0 saturated carbocycles. The summed E-state index contributed by atoms with van der Waals surface area (Å²) in [6.45, 7) is -1.74. The molecule has 820 valence electrons. The van der Waals surface area contributed by atoms with E-state index >= 15 is 19.2 Å². The molecule has 0 bridgehead atoms. The van der Waals surface area contributed by atoms with Crippen molar-refractivity contribution in [3.8, 4) is 0 Å². The van der Waals surface area contributed by atoms with Crippen LogP contribution in [0.4, 0.5) is 0 Å². The Bertz CT molecular complexity index is 5650. The second kappa shape index (κ2) is 64.2. The van der Waals surface area contributed by atoms with Gasteiger partial charge >= 0.3 is 0 Å². The lowest BCUT2D eigenvalue weighted by molar-refractivity contribution is -0.136. The van der Waals surface area contributed by atoms with Gasteiger partial charge in [-0.25, -0.2) is 0 Å². The van der Waals surface area contributed by atoms with Crippen LogP contribution in [0.2, 0.25) is 0 Å². The highest BCUT2D eigenvalue weighted by Crippen LogP contribution is 2.24. The van der Waals surface area contributed by atoms with Gasteiger partial charge in [0, 0.05) is 123 Å². The number of nitrogens with two attached hydrogens (primary N) is 11. The molecule has 12 atom stereocenters. The van der Waals surface area contributed by atoms with Crippen LogP contribution in [-0.2, 0) is 86.4 Å². The smallest absolute Gasteiger partial charge is 0.243 e. The van der Waals surface area contributed by atoms with E-state index in [1.807, 2.05) is 24.3 Å². The highest BCUT2D eigenvalue weighted by Gasteiger charge is 2.38. The molecular formula is C91H147N45O14. The Labute approximate surface area is 863 Å². The van der Waals surface area contributed by atoms with E-state index in [0.717, 1.165) is 16.5 Å². The van der Waals surface area contributed by atoms with Gasteiger partial charge in [0.25, 0.3) is 0 Å². The molecule has 0 aliphatic heterocycles. The zero-order valence-corrected chi connectivity index (χ0v) is 83.3. The zero-order valence-electron chi connectivity index (χ0n) is 83.3. The van der Waals surface area contributed by atoms with Crippen LogP contribution in [-0.4, -0.2) is 296 Å². The number of fused-ring (bicyclic) bond motifs is 3. The second-order valence-corrected chi connectivity index (χ2v) is 35.3. The minimum atomic E-state index is -1.64. The maximum Gasteiger partial charge on any atom is 0.243 e. The number of aromatic amines is 3. The molecule has 0 saturated heterocycles. The number of carbonyl (C=O) groups excluding carboxylic acids is 14. The molecule has 14 amide bonds. The lowest BCUT2D eigenvalue weighted by Crippen LogP contribution is -2.60. The Morgan fingerprint density at radius 3 is 0.680 bits per heavy atom. The molecule has 0 unspecified atom stereocenters. The number of guanidine groups is 9. The van der Waals surface area contributed by atoms with Crippen molar-refractivity contribution >= 4 is 169 Å². The first kappa shape index (κ1) is 121. The van der Waals surface area contributed by atoms with Gasteiger partial charge in [0.2, 0.25) is 82.7 Å². The van der Waals surface area contributed by atoms with E-state index in [2.05, 4.69) is 132 Å². The molecule has 0 aliphatic carbocycles. The van der Waals surface area contributed by atoms with Crippen molar-refractivity contribution in [1.82, 2.24) is 132 Å². The van der Waals surface area contributed by atoms with Crippen molar-refractivity contribution in [2.45, 2.75) is 207 Å². The molecule has 150 heavy (non-hydrogen) atoms. The summed E-state index contributed by atoms with van der Waals surface area (Å²) in [6, 6.07) is 3.62. The van der Waals surface area contributed by atoms with Crippen molar-refractivity contribution in [2.75, 3.05) is 72.0 Å². The van der Waals surface area contributed by atoms with Crippen LogP contribution in [0.1, 0.15) is 132 Å². The predicted octanol–water partition coefficient (Wildman–Crippen LogP) is -10.1. The number of amides is 14. The van der Waals surface area contributed by atoms with Crippen LogP contribution < -0.4 is 180 Å². The van der Waals surface area contributed by atoms with E-state index in [-0.39, 0.29) is 206 Å². The summed E-state index contributed by atoms with van der Waals surface area (Å²) < 4.78 is 0. The summed E-state index contributed by atoms with van der Waals surface area (Å²) in [6.07, 6.45) is 3.27. The van der Waals surface area contributed by atoms with Crippen molar-refractivity contribution in [3.05, 3.63) is 108 Å². The predicted molar refractivity (Wildman–Crippen MR) is 563 cm³/mol. The summed E-state index contributed by atoms with van der Waals surface area (Å²) in [5.74, 6) is -17.1. The van der Waals surface area contributed by atoms with Gasteiger partial charge < -0.3 is 195 Å². The zero-order chi connectivity index (χ0) is 110. The lowest BCUT2D eigenvalue weighted by atomic mass is 10.0. The van der Waals surface area contributed by atoms with E-state index in [4.69, 9.17) is 112 Å². The van der Waals surface area contributed by atoms with E-state index in [9.17, 15) is 47.9 Å². The topological polar surface area (TPSA) is 1050 Å². The normalized spacial score (nSPS) is 13.3. The molecule has 59 nitrogen and oxygen atoms in total. The molecule has 3 heterocycles. The highest BCUT2D eigenvalue weighted by atomic mass is 16.2. The fraction of sp³-hybridized carbons (Fsp3) is 0.484. The molecule has 0 aliphatic rings. The molecule has 0 radical (unpaired) electrons. The summed E-state index contributed by atoms with van der Waals surface area (Å²) >= 11 is 0. The van der Waals surface area contributed by atoms with Gasteiger partial charge in [-0.3, -0.25) is 116 Å². The highest BCUT2D eigenvalue weighted by molar-refractivity contribution is 6.01. The Morgan fingerprint density at radius 1 is 0.227 bits per heavy atom. The number of H-pyrrole nitrogens is 3. The number of primary amides is 1. The second-order valence-electron chi connectivity index (χ2n) is 35.3. The third-order valence-electron chi connectivity index (χ3n) is 23.4. The Kier molecular flexibility index (Phi) is 51.8. The van der Waals surface area contributed by atoms with E-state index in [1.54, 1.807) is 67.1 Å². The lowest BCUT2D eigenvalue weighted by Gasteiger charge is -2.28. The number of aromatic nitrogens is 3. The largest absolute Gasteiger partial charge is 0.370 e. The molecule has 56 N–H and O–H groups in total. The Hall–Kier alpha value is -17.7. The first-order valence-electron chi connectivity index (χ1n) is 48.7. The van der Waals surface area contributed by atoms with Gasteiger partial charge in [0.15, 0.2) is 53.6 Å². The maximum atomic E-state index is 15.3. The third kappa shape index (κ3) is 45.3. The van der Waals surface area contributed by atoms with Gasteiger partial charge in [0.1, 0.15) is 66.5 Å². The Balaban J connectivity index is 1.25. The first-order chi connectivity index (χ1) is 71.4. The molecule has 6 rings (SSSR count).